The maximum atomic E-state index is 4.99. The van der Waals surface area contributed by atoms with Gasteiger partial charge < -0.3 is 7.43 Å². The first-order valence-corrected chi connectivity index (χ1v) is 10.9. The summed E-state index contributed by atoms with van der Waals surface area (Å²) in [5.74, 6) is 0. The molecule has 0 aliphatic heterocycles. The van der Waals surface area contributed by atoms with Crippen molar-refractivity contribution in [3.8, 4) is 0 Å². The first-order valence-electron chi connectivity index (χ1n) is 5.29. The summed E-state index contributed by atoms with van der Waals surface area (Å²) in [7, 11) is 0. The molecule has 0 rings (SSSR count). The fraction of sp³-hybridized carbons (Fsp3) is 0.348. The second-order valence-corrected chi connectivity index (χ2v) is 7.46. The second-order valence-electron chi connectivity index (χ2n) is 1.92. The van der Waals surface area contributed by atoms with Crippen molar-refractivity contribution in [2.45, 2.75) is 59.4 Å². The topological polar surface area (TPSA) is 0 Å². The van der Waals surface area contributed by atoms with Gasteiger partial charge in [0.2, 0.25) is 0 Å². The molecule has 0 aromatic carbocycles. The van der Waals surface area contributed by atoms with Crippen LogP contribution in [-0.4, -0.2) is 0 Å². The molecule has 0 nitrogen and oxygen atoms in total. The summed E-state index contributed by atoms with van der Waals surface area (Å²) >= 11 is 68.7. The molecule has 0 unspecified atom stereocenters. The molecule has 0 N–H and O–H groups in total. The van der Waals surface area contributed by atoms with Crippen LogP contribution in [0.1, 0.15) is 70.8 Å². The number of hydrogen-bond donors (Lipinski definition) is 0. The Labute approximate surface area is 333 Å². The molecule has 15 heteroatoms. The van der Waals surface area contributed by atoms with Gasteiger partial charge >= 0.3 is 0 Å². The molecule has 0 atom stereocenters. The van der Waals surface area contributed by atoms with Gasteiger partial charge in [0.05, 0.1) is 4.49 Å². The van der Waals surface area contributed by atoms with Crippen LogP contribution in [0.2, 0.25) is 0 Å². The van der Waals surface area contributed by atoms with Gasteiger partial charge in [-0.1, -0.05) is 235 Å². The Bertz CT molecular complexity index is 413. The van der Waals surface area contributed by atoms with Crippen LogP contribution >= 0.6 is 162 Å². The zero-order valence-electron chi connectivity index (χ0n) is 15.0. The van der Waals surface area contributed by atoms with E-state index < -0.39 is 0 Å². The molecule has 0 bridgehead atoms. The third-order valence-corrected chi connectivity index (χ3v) is 2.89. The molecule has 0 saturated carbocycles. The summed E-state index contributed by atoms with van der Waals surface area (Å²) in [6.45, 7) is 12.2. The molecule has 0 saturated heterocycles. The van der Waals surface area contributed by atoms with Crippen LogP contribution in [0.15, 0.2) is 77.5 Å². The van der Waals surface area contributed by atoms with Crippen LogP contribution in [-0.2, 0) is 18.6 Å². The largest absolute Gasteiger partial charge is 0.358 e. The first kappa shape index (κ1) is 114. The predicted octanol–water partition coefficient (Wildman–Crippen LogP) is 21.1. The second kappa shape index (κ2) is 138. The average molecular weight is 889 g/mol. The van der Waals surface area contributed by atoms with Gasteiger partial charge in [-0.25, -0.2) is 0 Å². The van der Waals surface area contributed by atoms with Crippen LogP contribution < -0.4 is 0 Å². The van der Waals surface area contributed by atoms with Gasteiger partial charge in [-0.15, -0.1) is 13.2 Å². The van der Waals surface area contributed by atoms with Gasteiger partial charge in [0, 0.05) is 57.6 Å². The number of rotatable bonds is 0. The minimum absolute atomic E-state index is 0. The fourth-order valence-electron chi connectivity index (χ4n) is 0. The molecule has 38 heavy (non-hydrogen) atoms. The van der Waals surface area contributed by atoms with Crippen LogP contribution in [0.5, 0.6) is 0 Å². The van der Waals surface area contributed by atoms with Crippen molar-refractivity contribution < 1.29 is 30.0 Å². The molecule has 0 spiro atoms. The van der Waals surface area contributed by atoms with E-state index in [9.17, 15) is 0 Å². The van der Waals surface area contributed by atoms with Crippen LogP contribution in [0, 0.1) is 7.43 Å². The van der Waals surface area contributed by atoms with Crippen LogP contribution in [0.4, 0.5) is 0 Å². The number of hydrogen-bond acceptors (Lipinski definition) is 0. The standard InChI is InChI=1S/C2Cl4.C2HCl3.3C2H2Cl2.C2H3Cl.C2H4.8CH4.CH3.V.8H2/c3-1(4)2(5)6;3-1-2(4)5;1-2(3)4;2*3-1-2-4;1-2-3;1-2;;;;;;;;;;;;;;;;;;/h;1H;1H2;2*1-2H;2H,1H2;1-2H2;8*1H4;1H3;;8*1H/q;;;;;;;;;;;;;;;-1;;;;;;;;;/b;;;2-1+;2-1-;;;;;;;;;;;;;;;;;;;;. The van der Waals surface area contributed by atoms with Gasteiger partial charge in [0.25, 0.3) is 0 Å². The van der Waals surface area contributed by atoms with Crippen molar-refractivity contribution in [1.82, 2.24) is 0 Å². The Morgan fingerprint density at radius 2 is 0.579 bits per heavy atom. The van der Waals surface area contributed by atoms with Crippen molar-refractivity contribution in [2.24, 2.45) is 0 Å². The van der Waals surface area contributed by atoms with Crippen molar-refractivity contribution in [2.75, 3.05) is 0 Å². The van der Waals surface area contributed by atoms with E-state index in [4.69, 9.17) is 162 Å². The molecule has 0 heterocycles. The zero-order chi connectivity index (χ0) is 24.6. The van der Waals surface area contributed by atoms with Crippen molar-refractivity contribution >= 4 is 162 Å². The maximum Gasteiger partial charge on any atom is 0.136 e. The Kier molecular flexibility index (Phi) is 416. The average Bonchev–Trinajstić information content (AvgIpc) is 2.64. The summed E-state index contributed by atoms with van der Waals surface area (Å²) in [5.41, 5.74) is 7.26. The van der Waals surface area contributed by atoms with Crippen LogP contribution in [0.25, 0.3) is 0 Å². The van der Waals surface area contributed by atoms with E-state index in [1.807, 2.05) is 0 Å². The van der Waals surface area contributed by atoms with Gasteiger partial charge in [-0.05, 0) is 5.54 Å². The molecule has 0 fully saturated rings. The Hall–Kier alpha value is 2.82. The van der Waals surface area contributed by atoms with E-state index >= 15 is 0 Å². The maximum absolute atomic E-state index is 4.99. The van der Waals surface area contributed by atoms with Gasteiger partial charge in [0.15, 0.2) is 0 Å². The Morgan fingerprint density at radius 3 is 0.579 bits per heavy atom. The molecule has 0 aromatic rings. The summed E-state index contributed by atoms with van der Waals surface area (Å²) in [6, 6.07) is 0. The van der Waals surface area contributed by atoms with Crippen molar-refractivity contribution in [3.63, 3.8) is 0 Å². The monoisotopic (exact) mass is 882 g/mol. The third-order valence-electron chi connectivity index (χ3n) is 0.321. The Morgan fingerprint density at radius 1 is 0.500 bits per heavy atom. The fourth-order valence-corrected chi connectivity index (χ4v) is 0. The third kappa shape index (κ3) is 474. The van der Waals surface area contributed by atoms with E-state index in [2.05, 4.69) is 26.3 Å². The minimum atomic E-state index is -0.0988. The van der Waals surface area contributed by atoms with Gasteiger partial charge in [-0.2, -0.15) is 0 Å². The summed E-state index contributed by atoms with van der Waals surface area (Å²) in [6.07, 6.45) is 0. The predicted molar refractivity (Wildman–Crippen MR) is 223 cm³/mol. The molecule has 261 valence electrons. The van der Waals surface area contributed by atoms with Gasteiger partial charge in [0.1, 0.15) is 13.5 Å². The molecule has 0 aliphatic carbocycles. The number of halogens is 14. The normalized spacial score (nSPS) is 5.32. The van der Waals surface area contributed by atoms with E-state index in [0.717, 1.165) is 5.54 Å². The quantitative estimate of drug-likeness (QED) is 0.168. The molecule has 1 radical (unpaired) electrons. The summed E-state index contributed by atoms with van der Waals surface area (Å²) in [4.78, 5) is 0. The van der Waals surface area contributed by atoms with E-state index in [-0.39, 0.29) is 115 Å². The van der Waals surface area contributed by atoms with Crippen molar-refractivity contribution in [1.29, 1.82) is 0 Å². The molecule has 0 aliphatic rings. The van der Waals surface area contributed by atoms with Crippen molar-refractivity contribution in [3.05, 3.63) is 84.9 Å². The Balaban J connectivity index is -0.00000000462. The van der Waals surface area contributed by atoms with Crippen LogP contribution in [0.3, 0.4) is 0 Å². The SMILES string of the molecule is C.C.C.C.C.C.C.C.C=C.C=C(Cl)Cl.C=CCl.Cl/C=C/Cl.Cl/C=C\Cl.ClC(Cl)=C(Cl)Cl.ClC=C(Cl)Cl.[CH3-].[HH].[HH].[HH].[HH].[HH].[HH].[HH].[HH].[V]. The molecular formula is C23H65Cl14V-. The minimum Gasteiger partial charge on any atom is -0.358 e. The molecule has 0 amide bonds. The van der Waals surface area contributed by atoms with Gasteiger partial charge in [-0.3, -0.25) is 0 Å². The smallest absolute Gasteiger partial charge is 0.136 e. The summed E-state index contributed by atoms with van der Waals surface area (Å²) in [5, 5.41) is 0. The first-order chi connectivity index (χ1) is 12.9. The molecular weight excluding hydrogens is 824 g/mol. The summed E-state index contributed by atoms with van der Waals surface area (Å²) < 4.78 is 0.00309. The molecule has 0 aromatic heterocycles. The zero-order valence-corrected chi connectivity index (χ0v) is 27.0. The van der Waals surface area contributed by atoms with E-state index in [1.165, 1.54) is 27.7 Å². The van der Waals surface area contributed by atoms with E-state index in [1.54, 1.807) is 0 Å². The van der Waals surface area contributed by atoms with E-state index in [0.29, 0.717) is 0 Å².